The molecule has 0 saturated carbocycles. The van der Waals surface area contributed by atoms with Gasteiger partial charge in [0.25, 0.3) is 17.0 Å². The Labute approximate surface area is 189 Å². The molecular formula is C20H14ClFN4O5S. The van der Waals surface area contributed by atoms with Gasteiger partial charge in [0.05, 0.1) is 15.2 Å². The maximum Gasteiger partial charge on any atom is 0.332 e. The highest BCUT2D eigenvalue weighted by atomic mass is 35.5. The third kappa shape index (κ3) is 3.76. The van der Waals surface area contributed by atoms with E-state index in [9.17, 15) is 23.6 Å². The van der Waals surface area contributed by atoms with Gasteiger partial charge in [0.15, 0.2) is 11.7 Å². The van der Waals surface area contributed by atoms with Crippen LogP contribution < -0.4 is 10.1 Å². The molecule has 0 bridgehead atoms. The fourth-order valence-corrected chi connectivity index (χ4v) is 4.10. The van der Waals surface area contributed by atoms with Crippen molar-refractivity contribution in [3.63, 3.8) is 0 Å². The van der Waals surface area contributed by atoms with Crippen molar-refractivity contribution in [3.05, 3.63) is 47.2 Å². The van der Waals surface area contributed by atoms with Gasteiger partial charge in [-0.25, -0.2) is 14.2 Å². The zero-order chi connectivity index (χ0) is 23.2. The normalized spacial score (nSPS) is 14.9. The van der Waals surface area contributed by atoms with Crippen molar-refractivity contribution in [2.45, 2.75) is 0 Å². The number of carbonyl (C=O) groups is 4. The molecule has 0 radical (unpaired) electrons. The molecular weight excluding hydrogens is 463 g/mol. The molecule has 12 heteroatoms. The van der Waals surface area contributed by atoms with E-state index in [1.807, 2.05) is 0 Å². The first kappa shape index (κ1) is 21.7. The summed E-state index contributed by atoms with van der Waals surface area (Å²) in [6, 6.07) is 8.23. The second-order valence-electron chi connectivity index (χ2n) is 6.82. The van der Waals surface area contributed by atoms with Gasteiger partial charge >= 0.3 is 6.03 Å². The van der Waals surface area contributed by atoms with Crippen molar-refractivity contribution >= 4 is 62.6 Å². The Morgan fingerprint density at radius 3 is 2.34 bits per heavy atom. The summed E-state index contributed by atoms with van der Waals surface area (Å²) in [5.41, 5.74) is 0.707. The molecule has 2 heterocycles. The zero-order valence-electron chi connectivity index (χ0n) is 16.6. The van der Waals surface area contributed by atoms with E-state index in [4.69, 9.17) is 16.3 Å². The number of anilines is 1. The number of aromatic nitrogens is 1. The van der Waals surface area contributed by atoms with Crippen LogP contribution in [0, 0.1) is 11.7 Å². The lowest BCUT2D eigenvalue weighted by Crippen LogP contribution is -2.59. The summed E-state index contributed by atoms with van der Waals surface area (Å²) in [5, 5.41) is 2.67. The maximum absolute atomic E-state index is 14.1. The molecule has 1 saturated heterocycles. The highest BCUT2D eigenvalue weighted by Gasteiger charge is 2.46. The average Bonchev–Trinajstić information content (AvgIpc) is 3.18. The first-order chi connectivity index (χ1) is 15.2. The number of fused-ring (bicyclic) bond motifs is 1. The van der Waals surface area contributed by atoms with Crippen molar-refractivity contribution in [1.29, 1.82) is 0 Å². The summed E-state index contributed by atoms with van der Waals surface area (Å²) < 4.78 is 20.0. The third-order valence-corrected chi connectivity index (χ3v) is 5.98. The number of benzene rings is 2. The van der Waals surface area contributed by atoms with E-state index in [0.29, 0.717) is 17.0 Å². The van der Waals surface area contributed by atoms with Crippen LogP contribution in [0.2, 0.25) is 5.02 Å². The zero-order valence-corrected chi connectivity index (χ0v) is 18.2. The Morgan fingerprint density at radius 2 is 1.72 bits per heavy atom. The summed E-state index contributed by atoms with van der Waals surface area (Å²) in [7, 11) is 2.39. The largest absolute Gasteiger partial charge is 0.431 e. The summed E-state index contributed by atoms with van der Waals surface area (Å²) in [6.45, 7) is 0. The molecule has 0 spiro atoms. The van der Waals surface area contributed by atoms with Gasteiger partial charge in [-0.15, -0.1) is 0 Å². The number of rotatable bonds is 4. The number of ether oxygens (including phenoxy) is 1. The predicted octanol–water partition coefficient (Wildman–Crippen LogP) is 3.49. The van der Waals surface area contributed by atoms with Gasteiger partial charge in [0, 0.05) is 19.8 Å². The van der Waals surface area contributed by atoms with Crippen LogP contribution in [0.1, 0.15) is 0 Å². The lowest BCUT2D eigenvalue weighted by atomic mass is 10.0. The molecule has 0 aliphatic carbocycles. The molecule has 4 rings (SSSR count). The minimum absolute atomic E-state index is 0.00974. The summed E-state index contributed by atoms with van der Waals surface area (Å²) in [5.74, 6) is -4.54. The van der Waals surface area contributed by atoms with Crippen molar-refractivity contribution in [2.75, 3.05) is 19.4 Å². The van der Waals surface area contributed by atoms with Gasteiger partial charge in [0.2, 0.25) is 5.91 Å². The number of nitrogens with zero attached hydrogens (tertiary/aromatic N) is 3. The number of thiazole rings is 1. The molecule has 5 amide bonds. The lowest BCUT2D eigenvalue weighted by Gasteiger charge is -2.32. The first-order valence-electron chi connectivity index (χ1n) is 9.10. The predicted molar refractivity (Wildman–Crippen MR) is 114 cm³/mol. The SMILES string of the molecule is CN1C(=O)C(C(=O)Nc2ccc(Oc3nc4ccc(Cl)c(F)c4s3)cc2)C(=O)N(C)C1=O. The number of amides is 5. The van der Waals surface area contributed by atoms with Crippen molar-refractivity contribution in [3.8, 4) is 10.9 Å². The van der Waals surface area contributed by atoms with E-state index in [-0.39, 0.29) is 14.9 Å². The van der Waals surface area contributed by atoms with E-state index < -0.39 is 35.5 Å². The molecule has 32 heavy (non-hydrogen) atoms. The van der Waals surface area contributed by atoms with Gasteiger partial charge in [0.1, 0.15) is 5.75 Å². The minimum Gasteiger partial charge on any atom is -0.431 e. The van der Waals surface area contributed by atoms with Crippen LogP contribution in [-0.2, 0) is 14.4 Å². The first-order valence-corrected chi connectivity index (χ1v) is 10.3. The van der Waals surface area contributed by atoms with Crippen molar-refractivity contribution < 1.29 is 28.3 Å². The van der Waals surface area contributed by atoms with Gasteiger partial charge in [-0.1, -0.05) is 22.9 Å². The molecule has 1 fully saturated rings. The van der Waals surface area contributed by atoms with Gasteiger partial charge in [-0.05, 0) is 36.4 Å². The number of hydrogen-bond acceptors (Lipinski definition) is 7. The monoisotopic (exact) mass is 476 g/mol. The number of nitrogens with one attached hydrogen (secondary N) is 1. The molecule has 9 nitrogen and oxygen atoms in total. The molecule has 1 aliphatic rings. The minimum atomic E-state index is -1.66. The Hall–Kier alpha value is -3.57. The van der Waals surface area contributed by atoms with E-state index in [1.54, 1.807) is 6.07 Å². The van der Waals surface area contributed by atoms with Crippen LogP contribution in [0.25, 0.3) is 10.2 Å². The van der Waals surface area contributed by atoms with E-state index >= 15 is 0 Å². The summed E-state index contributed by atoms with van der Waals surface area (Å²) >= 11 is 6.77. The number of urea groups is 1. The molecule has 0 unspecified atom stereocenters. The number of carbonyl (C=O) groups excluding carboxylic acids is 4. The average molecular weight is 477 g/mol. The lowest BCUT2D eigenvalue weighted by molar-refractivity contribution is -0.151. The fourth-order valence-electron chi connectivity index (χ4n) is 3.01. The van der Waals surface area contributed by atoms with Gasteiger partial charge in [-0.2, -0.15) is 0 Å². The number of imide groups is 2. The Bertz CT molecular complexity index is 1250. The Kier molecular flexibility index (Phi) is 5.53. The van der Waals surface area contributed by atoms with Crippen LogP contribution in [0.5, 0.6) is 10.9 Å². The number of hydrogen-bond donors (Lipinski definition) is 1. The number of barbiturate groups is 1. The van der Waals surface area contributed by atoms with Crippen LogP contribution in [-0.4, -0.2) is 52.6 Å². The smallest absolute Gasteiger partial charge is 0.332 e. The van der Waals surface area contributed by atoms with E-state index in [2.05, 4.69) is 10.3 Å². The van der Waals surface area contributed by atoms with Crippen LogP contribution in [0.15, 0.2) is 36.4 Å². The molecule has 164 valence electrons. The summed E-state index contributed by atoms with van der Waals surface area (Å²) in [6.07, 6.45) is 0. The molecule has 1 aromatic heterocycles. The maximum atomic E-state index is 14.1. The second-order valence-corrected chi connectivity index (χ2v) is 8.18. The van der Waals surface area contributed by atoms with Crippen molar-refractivity contribution in [2.24, 2.45) is 5.92 Å². The third-order valence-electron chi connectivity index (χ3n) is 4.75. The quantitative estimate of drug-likeness (QED) is 0.577. The fraction of sp³-hybridized carbons (Fsp3) is 0.150. The van der Waals surface area contributed by atoms with Gasteiger partial charge in [-0.3, -0.25) is 24.2 Å². The number of halogens is 2. The summed E-state index contributed by atoms with van der Waals surface area (Å²) in [4.78, 5) is 54.4. The highest BCUT2D eigenvalue weighted by Crippen LogP contribution is 2.35. The molecule has 1 N–H and O–H groups in total. The Balaban J connectivity index is 1.47. The molecule has 3 aromatic rings. The van der Waals surface area contributed by atoms with Crippen molar-refractivity contribution in [1.82, 2.24) is 14.8 Å². The molecule has 2 aromatic carbocycles. The van der Waals surface area contributed by atoms with Gasteiger partial charge < -0.3 is 10.1 Å². The second kappa shape index (κ2) is 8.17. The highest BCUT2D eigenvalue weighted by molar-refractivity contribution is 7.20. The molecule has 0 atom stereocenters. The van der Waals surface area contributed by atoms with Crippen LogP contribution in [0.4, 0.5) is 14.9 Å². The van der Waals surface area contributed by atoms with Crippen LogP contribution in [0.3, 0.4) is 0 Å². The van der Waals surface area contributed by atoms with E-state index in [0.717, 1.165) is 21.1 Å². The topological polar surface area (TPSA) is 109 Å². The van der Waals surface area contributed by atoms with E-state index in [1.165, 1.54) is 44.4 Å². The molecule has 1 aliphatic heterocycles. The Morgan fingerprint density at radius 1 is 1.09 bits per heavy atom. The standard InChI is InChI=1S/C20H14ClFN4O5S/c1-25-17(28)13(18(29)26(2)20(25)30)16(27)23-9-3-5-10(6-4-9)31-19-24-12-8-7-11(21)14(22)15(12)32-19/h3-8,13H,1-2H3,(H,23,27). The van der Waals surface area contributed by atoms with Crippen LogP contribution >= 0.6 is 22.9 Å².